The molecule has 5 heteroatoms. The Bertz CT molecular complexity index is 271. The van der Waals surface area contributed by atoms with E-state index in [9.17, 15) is 4.39 Å². The van der Waals surface area contributed by atoms with E-state index in [0.29, 0.717) is 0 Å². The fraction of sp³-hybridized carbons (Fsp3) is 0.250. The highest BCUT2D eigenvalue weighted by Crippen LogP contribution is 2.25. The number of hydrogen-bond acceptors (Lipinski definition) is 3. The number of nitrogens with one attached hydrogen (secondary N) is 1. The maximum Gasteiger partial charge on any atom is 0.129 e. The molecule has 0 amide bonds. The molecule has 0 aliphatic carbocycles. The zero-order valence-corrected chi connectivity index (χ0v) is 7.42. The third-order valence-corrected chi connectivity index (χ3v) is 2.02. The molecule has 1 aromatic rings. The molecule has 0 fully saturated rings. The lowest BCUT2D eigenvalue weighted by atomic mass is 10.1. The third-order valence-electron chi connectivity index (χ3n) is 1.69. The van der Waals surface area contributed by atoms with Crippen LogP contribution in [-0.4, -0.2) is 16.9 Å². The van der Waals surface area contributed by atoms with Crippen molar-refractivity contribution in [3.63, 3.8) is 0 Å². The largest absolute Gasteiger partial charge is 0.394 e. The first-order valence-corrected chi connectivity index (χ1v) is 4.03. The predicted molar refractivity (Wildman–Crippen MR) is 46.2 cm³/mol. The molecule has 1 aromatic carbocycles. The van der Waals surface area contributed by atoms with Crippen LogP contribution in [0.5, 0.6) is 0 Å². The van der Waals surface area contributed by atoms with E-state index >= 15 is 0 Å². The van der Waals surface area contributed by atoms with Gasteiger partial charge < -0.3 is 10.3 Å². The van der Waals surface area contributed by atoms with Gasteiger partial charge in [0.15, 0.2) is 0 Å². The van der Waals surface area contributed by atoms with Gasteiger partial charge in [0.25, 0.3) is 0 Å². The first-order chi connectivity index (χ1) is 6.20. The van der Waals surface area contributed by atoms with Gasteiger partial charge in [-0.3, -0.25) is 0 Å². The average Bonchev–Trinajstić information content (AvgIpc) is 2.11. The maximum atomic E-state index is 13.1. The number of rotatable bonds is 3. The third kappa shape index (κ3) is 2.16. The van der Waals surface area contributed by atoms with Crippen molar-refractivity contribution in [3.8, 4) is 0 Å². The lowest BCUT2D eigenvalue weighted by Gasteiger charge is -2.14. The van der Waals surface area contributed by atoms with E-state index in [1.54, 1.807) is 5.48 Å². The van der Waals surface area contributed by atoms with Crippen LogP contribution >= 0.6 is 11.6 Å². The van der Waals surface area contributed by atoms with Gasteiger partial charge in [-0.15, -0.1) is 0 Å². The van der Waals surface area contributed by atoms with Crippen molar-refractivity contribution in [2.45, 2.75) is 6.04 Å². The normalized spacial score (nSPS) is 12.9. The van der Waals surface area contributed by atoms with E-state index in [-0.39, 0.29) is 10.6 Å². The van der Waals surface area contributed by atoms with Gasteiger partial charge in [-0.2, -0.15) is 5.48 Å². The number of hydroxylamine groups is 1. The van der Waals surface area contributed by atoms with Crippen LogP contribution in [0.25, 0.3) is 0 Å². The Kier molecular flexibility index (Phi) is 3.62. The number of benzene rings is 1. The molecule has 3 N–H and O–H groups in total. The minimum atomic E-state index is -0.895. The van der Waals surface area contributed by atoms with Crippen LogP contribution in [0.15, 0.2) is 18.2 Å². The summed E-state index contributed by atoms with van der Waals surface area (Å²) in [5.74, 6) is -0.562. The van der Waals surface area contributed by atoms with Crippen molar-refractivity contribution in [1.29, 1.82) is 0 Å². The van der Waals surface area contributed by atoms with Crippen LogP contribution in [0.1, 0.15) is 11.6 Å². The molecule has 1 atom stereocenters. The summed E-state index contributed by atoms with van der Waals surface area (Å²) >= 11 is 5.68. The Morgan fingerprint density at radius 1 is 1.54 bits per heavy atom. The van der Waals surface area contributed by atoms with Crippen LogP contribution in [0.2, 0.25) is 5.02 Å². The van der Waals surface area contributed by atoms with Gasteiger partial charge in [-0.25, -0.2) is 4.39 Å². The molecule has 1 rings (SSSR count). The summed E-state index contributed by atoms with van der Waals surface area (Å²) < 4.78 is 13.1. The molecular formula is C8H9ClFNO2. The highest BCUT2D eigenvalue weighted by Gasteiger charge is 2.16. The first kappa shape index (κ1) is 10.4. The van der Waals surface area contributed by atoms with Gasteiger partial charge in [0, 0.05) is 10.6 Å². The topological polar surface area (TPSA) is 52.5 Å². The van der Waals surface area contributed by atoms with Crippen LogP contribution in [0, 0.1) is 5.82 Å². The zero-order chi connectivity index (χ0) is 9.84. The van der Waals surface area contributed by atoms with E-state index in [2.05, 4.69) is 0 Å². The Labute approximate surface area is 79.7 Å². The fourth-order valence-electron chi connectivity index (χ4n) is 1.04. The Balaban J connectivity index is 3.10. The summed E-state index contributed by atoms with van der Waals surface area (Å²) in [6.07, 6.45) is 0. The average molecular weight is 206 g/mol. The molecule has 0 aliphatic heterocycles. The standard InChI is InChI=1S/C8H9ClFNO2/c9-5-2-1-3-6(10)8(5)7(4-12)11-13/h1-3,7,11-13H,4H2/t7-/m0/s1. The van der Waals surface area contributed by atoms with Gasteiger partial charge in [0.1, 0.15) is 5.82 Å². The van der Waals surface area contributed by atoms with Crippen molar-refractivity contribution in [2.24, 2.45) is 0 Å². The Hall–Kier alpha value is -0.680. The van der Waals surface area contributed by atoms with Crippen molar-refractivity contribution in [2.75, 3.05) is 6.61 Å². The highest BCUT2D eigenvalue weighted by atomic mass is 35.5. The van der Waals surface area contributed by atoms with Crippen molar-refractivity contribution in [3.05, 3.63) is 34.6 Å². The number of aliphatic hydroxyl groups excluding tert-OH is 1. The molecular weight excluding hydrogens is 197 g/mol. The maximum absolute atomic E-state index is 13.1. The van der Waals surface area contributed by atoms with Gasteiger partial charge >= 0.3 is 0 Å². The van der Waals surface area contributed by atoms with Crippen LogP contribution < -0.4 is 5.48 Å². The number of halogens is 2. The molecule has 13 heavy (non-hydrogen) atoms. The second-order valence-corrected chi connectivity index (χ2v) is 2.91. The monoisotopic (exact) mass is 205 g/mol. The van der Waals surface area contributed by atoms with E-state index in [0.717, 1.165) is 0 Å². The van der Waals surface area contributed by atoms with Crippen molar-refractivity contribution >= 4 is 11.6 Å². The number of hydrogen-bond donors (Lipinski definition) is 3. The van der Waals surface area contributed by atoms with Crippen LogP contribution in [0.4, 0.5) is 4.39 Å². The molecule has 0 spiro atoms. The minimum Gasteiger partial charge on any atom is -0.394 e. The number of aliphatic hydroxyl groups is 1. The van der Waals surface area contributed by atoms with Crippen molar-refractivity contribution in [1.82, 2.24) is 5.48 Å². The van der Waals surface area contributed by atoms with E-state index in [1.165, 1.54) is 18.2 Å². The smallest absolute Gasteiger partial charge is 0.129 e. The molecule has 0 radical (unpaired) electrons. The van der Waals surface area contributed by atoms with Crippen LogP contribution in [0.3, 0.4) is 0 Å². The van der Waals surface area contributed by atoms with Crippen LogP contribution in [-0.2, 0) is 0 Å². The summed E-state index contributed by atoms with van der Waals surface area (Å²) in [7, 11) is 0. The second kappa shape index (κ2) is 4.53. The quantitative estimate of drug-likeness (QED) is 0.656. The lowest BCUT2D eigenvalue weighted by molar-refractivity contribution is 0.0889. The minimum absolute atomic E-state index is 0.0640. The van der Waals surface area contributed by atoms with Gasteiger partial charge in [0.05, 0.1) is 12.6 Å². The summed E-state index contributed by atoms with van der Waals surface area (Å²) in [6, 6.07) is 3.25. The van der Waals surface area contributed by atoms with Crippen molar-refractivity contribution < 1.29 is 14.7 Å². The SMILES string of the molecule is OC[C@H](NO)c1c(F)cccc1Cl. The Morgan fingerprint density at radius 2 is 2.23 bits per heavy atom. The highest BCUT2D eigenvalue weighted by molar-refractivity contribution is 6.31. The summed E-state index contributed by atoms with van der Waals surface area (Å²) in [5.41, 5.74) is 1.84. The van der Waals surface area contributed by atoms with Gasteiger partial charge in [-0.05, 0) is 12.1 Å². The molecule has 0 saturated heterocycles. The van der Waals surface area contributed by atoms with E-state index < -0.39 is 18.5 Å². The lowest BCUT2D eigenvalue weighted by Crippen LogP contribution is -2.22. The molecule has 0 saturated carbocycles. The molecule has 0 bridgehead atoms. The van der Waals surface area contributed by atoms with E-state index in [1.807, 2.05) is 0 Å². The zero-order valence-electron chi connectivity index (χ0n) is 6.67. The van der Waals surface area contributed by atoms with Gasteiger partial charge in [-0.1, -0.05) is 17.7 Å². The predicted octanol–water partition coefficient (Wildman–Crippen LogP) is 1.49. The molecule has 3 nitrogen and oxygen atoms in total. The van der Waals surface area contributed by atoms with Gasteiger partial charge in [0.2, 0.25) is 0 Å². The summed E-state index contributed by atoms with van der Waals surface area (Å²) in [5, 5.41) is 17.5. The first-order valence-electron chi connectivity index (χ1n) is 3.65. The molecule has 0 aromatic heterocycles. The molecule has 0 heterocycles. The fourth-order valence-corrected chi connectivity index (χ4v) is 1.33. The molecule has 72 valence electrons. The summed E-state index contributed by atoms with van der Waals surface area (Å²) in [6.45, 7) is -0.433. The Morgan fingerprint density at radius 3 is 2.69 bits per heavy atom. The molecule has 0 aliphatic rings. The second-order valence-electron chi connectivity index (χ2n) is 2.50. The molecule has 0 unspecified atom stereocenters. The summed E-state index contributed by atoms with van der Waals surface area (Å²) in [4.78, 5) is 0. The van der Waals surface area contributed by atoms with E-state index in [4.69, 9.17) is 21.9 Å².